The minimum Gasteiger partial charge on any atom is -0.454 e. The summed E-state index contributed by atoms with van der Waals surface area (Å²) < 4.78 is 10.5. The van der Waals surface area contributed by atoms with Crippen LogP contribution in [0.4, 0.5) is 0 Å². The van der Waals surface area contributed by atoms with Crippen LogP contribution in [0.25, 0.3) is 0 Å². The highest BCUT2D eigenvalue weighted by atomic mass is 16.5. The lowest BCUT2D eigenvalue weighted by Gasteiger charge is -2.33. The number of ether oxygens (including phenoxy) is 1. The second-order valence-corrected chi connectivity index (χ2v) is 6.16. The van der Waals surface area contributed by atoms with Gasteiger partial charge in [-0.1, -0.05) is 0 Å². The average Bonchev–Trinajstić information content (AvgIpc) is 3.09. The number of nitrogens with one attached hydrogen (secondary N) is 2. The third-order valence-corrected chi connectivity index (χ3v) is 4.31. The second-order valence-electron chi connectivity index (χ2n) is 6.16. The molecule has 1 amide bonds. The van der Waals surface area contributed by atoms with Crippen molar-refractivity contribution >= 4 is 11.9 Å². The number of piperidine rings is 1. The number of primary amides is 1. The van der Waals surface area contributed by atoms with E-state index in [9.17, 15) is 4.79 Å². The highest BCUT2D eigenvalue weighted by Gasteiger charge is 2.19. The second kappa shape index (κ2) is 10.0. The van der Waals surface area contributed by atoms with Gasteiger partial charge in [0, 0.05) is 46.4 Å². The molecule has 0 atom stereocenters. The Labute approximate surface area is 148 Å². The van der Waals surface area contributed by atoms with Gasteiger partial charge in [0.25, 0.3) is 5.91 Å². The fraction of sp³-hybridized carbons (Fsp3) is 0.647. The summed E-state index contributed by atoms with van der Waals surface area (Å²) in [5.41, 5.74) is 5.18. The van der Waals surface area contributed by atoms with E-state index in [-0.39, 0.29) is 5.76 Å². The number of carbonyl (C=O) groups excluding carboxylic acids is 1. The average molecular weight is 351 g/mol. The minimum absolute atomic E-state index is 0.167. The summed E-state index contributed by atoms with van der Waals surface area (Å²) in [4.78, 5) is 17.8. The number of guanidine groups is 1. The molecule has 0 aromatic carbocycles. The Morgan fingerprint density at radius 2 is 2.20 bits per heavy atom. The molecule has 8 heteroatoms. The number of rotatable bonds is 8. The highest BCUT2D eigenvalue weighted by Crippen LogP contribution is 2.11. The molecule has 0 saturated carbocycles. The molecule has 4 N–H and O–H groups in total. The highest BCUT2D eigenvalue weighted by molar-refractivity contribution is 5.89. The molecule has 2 rings (SSSR count). The normalized spacial score (nSPS) is 16.8. The first-order valence-electron chi connectivity index (χ1n) is 8.69. The molecule has 8 nitrogen and oxygen atoms in total. The van der Waals surface area contributed by atoms with Crippen LogP contribution in [-0.2, 0) is 11.3 Å². The first-order chi connectivity index (χ1) is 12.1. The smallest absolute Gasteiger partial charge is 0.284 e. The molecule has 1 saturated heterocycles. The monoisotopic (exact) mass is 351 g/mol. The number of furan rings is 1. The lowest BCUT2D eigenvalue weighted by molar-refractivity contribution is 0.0972. The molecule has 1 fully saturated rings. The SMILES string of the molecule is CN=C(NCc1ccc(C(N)=O)o1)NC1CCN(CCCOC)CC1. The minimum atomic E-state index is -0.564. The Morgan fingerprint density at radius 3 is 2.80 bits per heavy atom. The van der Waals surface area contributed by atoms with Crippen LogP contribution in [0, 0.1) is 0 Å². The van der Waals surface area contributed by atoms with Crippen molar-refractivity contribution in [3.63, 3.8) is 0 Å². The Kier molecular flexibility index (Phi) is 7.75. The molecule has 140 valence electrons. The summed E-state index contributed by atoms with van der Waals surface area (Å²) >= 11 is 0. The maximum atomic E-state index is 11.0. The topological polar surface area (TPSA) is 105 Å². The van der Waals surface area contributed by atoms with Crippen molar-refractivity contribution in [2.24, 2.45) is 10.7 Å². The number of nitrogens with two attached hydrogens (primary N) is 1. The van der Waals surface area contributed by atoms with Crippen LogP contribution >= 0.6 is 0 Å². The third kappa shape index (κ3) is 6.39. The fourth-order valence-corrected chi connectivity index (χ4v) is 2.90. The fourth-order valence-electron chi connectivity index (χ4n) is 2.90. The van der Waals surface area contributed by atoms with E-state index in [1.54, 1.807) is 26.3 Å². The molecule has 0 bridgehead atoms. The largest absolute Gasteiger partial charge is 0.454 e. The van der Waals surface area contributed by atoms with Crippen LogP contribution in [0.3, 0.4) is 0 Å². The number of carbonyl (C=O) groups is 1. The molecule has 0 aliphatic carbocycles. The standard InChI is InChI=1S/C17H29N5O3/c1-19-17(20-12-14-4-5-15(25-14)16(18)23)21-13-6-9-22(10-7-13)8-3-11-24-2/h4-5,13H,3,6-12H2,1-2H3,(H2,18,23)(H2,19,20,21). The van der Waals surface area contributed by atoms with Gasteiger partial charge in [-0.25, -0.2) is 0 Å². The molecular weight excluding hydrogens is 322 g/mol. The maximum Gasteiger partial charge on any atom is 0.284 e. The van der Waals surface area contributed by atoms with Gasteiger partial charge in [0.05, 0.1) is 6.54 Å². The summed E-state index contributed by atoms with van der Waals surface area (Å²) in [5.74, 6) is 0.978. The van der Waals surface area contributed by atoms with Crippen LogP contribution in [0.2, 0.25) is 0 Å². The zero-order chi connectivity index (χ0) is 18.1. The molecule has 1 aliphatic heterocycles. The predicted molar refractivity (Wildman–Crippen MR) is 96.5 cm³/mol. The Morgan fingerprint density at radius 1 is 1.44 bits per heavy atom. The lowest BCUT2D eigenvalue weighted by Crippen LogP contribution is -2.48. The Hall–Kier alpha value is -2.06. The third-order valence-electron chi connectivity index (χ3n) is 4.31. The van der Waals surface area contributed by atoms with Gasteiger partial charge >= 0.3 is 0 Å². The summed E-state index contributed by atoms with van der Waals surface area (Å²) in [6.07, 6.45) is 3.24. The van der Waals surface area contributed by atoms with E-state index in [2.05, 4.69) is 20.5 Å². The number of aliphatic imine (C=N–C) groups is 1. The Balaban J connectivity index is 1.70. The number of likely N-dealkylation sites (tertiary alicyclic amines) is 1. The van der Waals surface area contributed by atoms with Crippen molar-refractivity contribution in [3.05, 3.63) is 23.7 Å². The number of hydrogen-bond acceptors (Lipinski definition) is 5. The van der Waals surface area contributed by atoms with Gasteiger partial charge in [0.15, 0.2) is 11.7 Å². The molecule has 1 aromatic heterocycles. The molecule has 1 aliphatic rings. The van der Waals surface area contributed by atoms with Crippen molar-refractivity contribution in [1.29, 1.82) is 0 Å². The number of amides is 1. The van der Waals surface area contributed by atoms with Crippen molar-refractivity contribution in [2.75, 3.05) is 40.4 Å². The van der Waals surface area contributed by atoms with E-state index in [4.69, 9.17) is 14.9 Å². The molecule has 1 aromatic rings. The van der Waals surface area contributed by atoms with Crippen molar-refractivity contribution in [1.82, 2.24) is 15.5 Å². The molecular formula is C17H29N5O3. The molecule has 0 unspecified atom stereocenters. The van der Waals surface area contributed by atoms with Gasteiger partial charge in [0.1, 0.15) is 5.76 Å². The van der Waals surface area contributed by atoms with E-state index in [0.29, 0.717) is 18.3 Å². The van der Waals surface area contributed by atoms with E-state index in [1.807, 2.05) is 0 Å². The van der Waals surface area contributed by atoms with E-state index < -0.39 is 5.91 Å². The van der Waals surface area contributed by atoms with Gasteiger partial charge in [-0.05, 0) is 31.4 Å². The van der Waals surface area contributed by atoms with Gasteiger partial charge in [-0.15, -0.1) is 0 Å². The van der Waals surface area contributed by atoms with Crippen LogP contribution in [0.15, 0.2) is 21.5 Å². The molecule has 2 heterocycles. The van der Waals surface area contributed by atoms with Gasteiger partial charge in [-0.2, -0.15) is 0 Å². The summed E-state index contributed by atoms with van der Waals surface area (Å²) in [6.45, 7) is 4.52. The van der Waals surface area contributed by atoms with Crippen LogP contribution in [0.1, 0.15) is 35.6 Å². The summed E-state index contributed by atoms with van der Waals surface area (Å²) in [5, 5.41) is 6.65. The van der Waals surface area contributed by atoms with Crippen molar-refractivity contribution < 1.29 is 13.9 Å². The van der Waals surface area contributed by atoms with Crippen LogP contribution < -0.4 is 16.4 Å². The van der Waals surface area contributed by atoms with Crippen LogP contribution in [0.5, 0.6) is 0 Å². The van der Waals surface area contributed by atoms with Gasteiger partial charge in [0.2, 0.25) is 0 Å². The zero-order valence-corrected chi connectivity index (χ0v) is 15.1. The van der Waals surface area contributed by atoms with Gasteiger partial charge < -0.3 is 30.4 Å². The summed E-state index contributed by atoms with van der Waals surface area (Å²) in [6, 6.07) is 3.72. The summed E-state index contributed by atoms with van der Waals surface area (Å²) in [7, 11) is 3.48. The van der Waals surface area contributed by atoms with E-state index in [0.717, 1.165) is 51.5 Å². The predicted octanol–water partition coefficient (Wildman–Crippen LogP) is 0.544. The number of hydrogen-bond donors (Lipinski definition) is 3. The van der Waals surface area contributed by atoms with Crippen molar-refractivity contribution in [3.8, 4) is 0 Å². The van der Waals surface area contributed by atoms with Crippen LogP contribution in [-0.4, -0.2) is 63.2 Å². The first-order valence-corrected chi connectivity index (χ1v) is 8.69. The van der Waals surface area contributed by atoms with E-state index in [1.165, 1.54) is 0 Å². The quantitative estimate of drug-likeness (QED) is 0.359. The molecule has 25 heavy (non-hydrogen) atoms. The maximum absolute atomic E-state index is 11.0. The zero-order valence-electron chi connectivity index (χ0n) is 15.1. The van der Waals surface area contributed by atoms with Crippen molar-refractivity contribution in [2.45, 2.75) is 31.8 Å². The van der Waals surface area contributed by atoms with E-state index >= 15 is 0 Å². The molecule has 0 radical (unpaired) electrons. The van der Waals surface area contributed by atoms with Gasteiger partial charge in [-0.3, -0.25) is 9.79 Å². The number of methoxy groups -OCH3 is 1. The Bertz CT molecular complexity index is 564. The lowest BCUT2D eigenvalue weighted by atomic mass is 10.1. The first kappa shape index (κ1) is 19.3. The number of nitrogens with zero attached hydrogens (tertiary/aromatic N) is 2. The molecule has 0 spiro atoms.